The van der Waals surface area contributed by atoms with Gasteiger partial charge >= 0.3 is 0 Å². The minimum Gasteiger partial charge on any atom is -0.319 e. The van der Waals surface area contributed by atoms with Crippen molar-refractivity contribution in [3.8, 4) is 0 Å². The summed E-state index contributed by atoms with van der Waals surface area (Å²) in [6, 6.07) is 0. The maximum absolute atomic E-state index is 3.22. The van der Waals surface area contributed by atoms with E-state index in [0.717, 1.165) is 18.4 Å². The minimum absolute atomic E-state index is 0.754. The van der Waals surface area contributed by atoms with E-state index in [1.54, 1.807) is 0 Å². The van der Waals surface area contributed by atoms with E-state index < -0.39 is 0 Å². The third-order valence-corrected chi connectivity index (χ3v) is 2.50. The molecule has 14 heavy (non-hydrogen) atoms. The number of hydrogen-bond donors (Lipinski definition) is 1. The molecule has 0 aromatic rings. The molecule has 0 aliphatic heterocycles. The summed E-state index contributed by atoms with van der Waals surface area (Å²) in [4.78, 5) is 2.45. The SMILES string of the molecule is CNCC(C)CN(C)CCCC(C)C. The highest BCUT2D eigenvalue weighted by atomic mass is 15.1. The second-order valence-corrected chi connectivity index (χ2v) is 4.96. The van der Waals surface area contributed by atoms with Crippen molar-refractivity contribution < 1.29 is 0 Å². The van der Waals surface area contributed by atoms with Crippen molar-refractivity contribution >= 4 is 0 Å². The molecule has 0 radical (unpaired) electrons. The number of nitrogens with one attached hydrogen (secondary N) is 1. The summed E-state index contributed by atoms with van der Waals surface area (Å²) in [5, 5.41) is 3.22. The number of hydrogen-bond acceptors (Lipinski definition) is 2. The first kappa shape index (κ1) is 13.9. The molecule has 0 aliphatic carbocycles. The zero-order chi connectivity index (χ0) is 11.0. The maximum atomic E-state index is 3.22. The van der Waals surface area contributed by atoms with Gasteiger partial charge in [-0.1, -0.05) is 20.8 Å². The van der Waals surface area contributed by atoms with E-state index in [1.165, 1.54) is 25.9 Å². The average molecular weight is 200 g/mol. The fourth-order valence-electron chi connectivity index (χ4n) is 1.81. The highest BCUT2D eigenvalue weighted by Gasteiger charge is 2.05. The molecule has 0 bridgehead atoms. The lowest BCUT2D eigenvalue weighted by Crippen LogP contribution is -2.30. The fourth-order valence-corrected chi connectivity index (χ4v) is 1.81. The van der Waals surface area contributed by atoms with Crippen LogP contribution in [0.2, 0.25) is 0 Å². The van der Waals surface area contributed by atoms with E-state index in [1.807, 2.05) is 7.05 Å². The molecule has 0 aromatic heterocycles. The molecule has 86 valence electrons. The summed E-state index contributed by atoms with van der Waals surface area (Å²) in [6.45, 7) is 10.5. The maximum Gasteiger partial charge on any atom is 0.00161 e. The molecule has 0 saturated carbocycles. The molecule has 0 saturated heterocycles. The van der Waals surface area contributed by atoms with Crippen LogP contribution in [0.3, 0.4) is 0 Å². The van der Waals surface area contributed by atoms with Gasteiger partial charge in [0.1, 0.15) is 0 Å². The molecule has 1 atom stereocenters. The Kier molecular flexibility index (Phi) is 8.20. The monoisotopic (exact) mass is 200 g/mol. The molecular weight excluding hydrogens is 172 g/mol. The summed E-state index contributed by atoms with van der Waals surface area (Å²) in [5.41, 5.74) is 0. The second kappa shape index (κ2) is 8.25. The Morgan fingerprint density at radius 1 is 1.21 bits per heavy atom. The highest BCUT2D eigenvalue weighted by molar-refractivity contribution is 4.61. The van der Waals surface area contributed by atoms with Gasteiger partial charge in [-0.2, -0.15) is 0 Å². The summed E-state index contributed by atoms with van der Waals surface area (Å²) < 4.78 is 0. The lowest BCUT2D eigenvalue weighted by Gasteiger charge is -2.21. The molecule has 1 N–H and O–H groups in total. The zero-order valence-electron chi connectivity index (χ0n) is 10.6. The third-order valence-electron chi connectivity index (χ3n) is 2.50. The van der Waals surface area contributed by atoms with Crippen LogP contribution in [0.25, 0.3) is 0 Å². The van der Waals surface area contributed by atoms with Gasteiger partial charge in [-0.05, 0) is 51.9 Å². The van der Waals surface area contributed by atoms with Crippen LogP contribution in [0.5, 0.6) is 0 Å². The quantitative estimate of drug-likeness (QED) is 0.646. The van der Waals surface area contributed by atoms with E-state index >= 15 is 0 Å². The molecule has 0 aliphatic rings. The molecule has 1 unspecified atom stereocenters. The lowest BCUT2D eigenvalue weighted by atomic mass is 10.1. The van der Waals surface area contributed by atoms with E-state index in [4.69, 9.17) is 0 Å². The van der Waals surface area contributed by atoms with E-state index in [0.29, 0.717) is 0 Å². The van der Waals surface area contributed by atoms with Crippen molar-refractivity contribution in [2.24, 2.45) is 11.8 Å². The van der Waals surface area contributed by atoms with Crippen LogP contribution < -0.4 is 5.32 Å². The Balaban J connectivity index is 3.39. The van der Waals surface area contributed by atoms with Crippen LogP contribution in [-0.4, -0.2) is 38.6 Å². The van der Waals surface area contributed by atoms with Gasteiger partial charge in [-0.25, -0.2) is 0 Å². The topological polar surface area (TPSA) is 15.3 Å². The molecule has 0 amide bonds. The van der Waals surface area contributed by atoms with Crippen LogP contribution >= 0.6 is 0 Å². The molecule has 2 nitrogen and oxygen atoms in total. The zero-order valence-corrected chi connectivity index (χ0v) is 10.6. The van der Waals surface area contributed by atoms with E-state index in [2.05, 4.69) is 38.0 Å². The second-order valence-electron chi connectivity index (χ2n) is 4.96. The van der Waals surface area contributed by atoms with Crippen LogP contribution in [0, 0.1) is 11.8 Å². The van der Waals surface area contributed by atoms with Gasteiger partial charge in [-0.3, -0.25) is 0 Å². The molecule has 0 heterocycles. The molecule has 0 rings (SSSR count). The molecular formula is C12H28N2. The Morgan fingerprint density at radius 2 is 1.86 bits per heavy atom. The van der Waals surface area contributed by atoms with Gasteiger partial charge in [-0.15, -0.1) is 0 Å². The largest absolute Gasteiger partial charge is 0.319 e. The van der Waals surface area contributed by atoms with Crippen molar-refractivity contribution in [3.05, 3.63) is 0 Å². The molecule has 0 fully saturated rings. The van der Waals surface area contributed by atoms with Crippen LogP contribution in [0.1, 0.15) is 33.6 Å². The Labute approximate surface area is 90.1 Å². The summed E-state index contributed by atoms with van der Waals surface area (Å²) >= 11 is 0. The summed E-state index contributed by atoms with van der Waals surface area (Å²) in [7, 11) is 4.25. The van der Waals surface area contributed by atoms with Crippen LogP contribution in [0.4, 0.5) is 0 Å². The van der Waals surface area contributed by atoms with Crippen molar-refractivity contribution in [1.29, 1.82) is 0 Å². The summed E-state index contributed by atoms with van der Waals surface area (Å²) in [5.74, 6) is 1.60. The first-order valence-corrected chi connectivity index (χ1v) is 5.89. The van der Waals surface area contributed by atoms with Gasteiger partial charge in [0.15, 0.2) is 0 Å². The van der Waals surface area contributed by atoms with E-state index in [-0.39, 0.29) is 0 Å². The van der Waals surface area contributed by atoms with Gasteiger partial charge in [0.25, 0.3) is 0 Å². The van der Waals surface area contributed by atoms with Crippen molar-refractivity contribution in [2.45, 2.75) is 33.6 Å². The van der Waals surface area contributed by atoms with Gasteiger partial charge in [0.2, 0.25) is 0 Å². The Morgan fingerprint density at radius 3 is 2.36 bits per heavy atom. The normalized spacial score (nSPS) is 13.9. The lowest BCUT2D eigenvalue weighted by molar-refractivity contribution is 0.273. The third kappa shape index (κ3) is 8.52. The fraction of sp³-hybridized carbons (Fsp3) is 1.00. The van der Waals surface area contributed by atoms with Crippen molar-refractivity contribution in [3.63, 3.8) is 0 Å². The van der Waals surface area contributed by atoms with Crippen LogP contribution in [-0.2, 0) is 0 Å². The van der Waals surface area contributed by atoms with Gasteiger partial charge < -0.3 is 10.2 Å². The predicted octanol–water partition coefficient (Wildman–Crippen LogP) is 2.21. The Hall–Kier alpha value is -0.0800. The molecule has 0 spiro atoms. The number of rotatable bonds is 8. The first-order chi connectivity index (χ1) is 6.56. The number of nitrogens with zero attached hydrogens (tertiary/aromatic N) is 1. The van der Waals surface area contributed by atoms with Gasteiger partial charge in [0, 0.05) is 6.54 Å². The Bertz CT molecular complexity index is 123. The van der Waals surface area contributed by atoms with Crippen molar-refractivity contribution in [2.75, 3.05) is 33.7 Å². The molecule has 2 heteroatoms. The van der Waals surface area contributed by atoms with Crippen LogP contribution in [0.15, 0.2) is 0 Å². The minimum atomic E-state index is 0.754. The first-order valence-electron chi connectivity index (χ1n) is 5.89. The van der Waals surface area contributed by atoms with Gasteiger partial charge in [0.05, 0.1) is 0 Å². The predicted molar refractivity (Wildman–Crippen MR) is 64.7 cm³/mol. The van der Waals surface area contributed by atoms with E-state index in [9.17, 15) is 0 Å². The summed E-state index contributed by atoms with van der Waals surface area (Å²) in [6.07, 6.45) is 2.69. The molecule has 0 aromatic carbocycles. The standard InChI is InChI=1S/C12H28N2/c1-11(2)7-6-8-14(5)10-12(3)9-13-4/h11-13H,6-10H2,1-5H3. The highest BCUT2D eigenvalue weighted by Crippen LogP contribution is 2.05. The average Bonchev–Trinajstić information content (AvgIpc) is 2.03. The van der Waals surface area contributed by atoms with Crippen molar-refractivity contribution in [1.82, 2.24) is 10.2 Å². The smallest absolute Gasteiger partial charge is 0.00161 e.